The van der Waals surface area contributed by atoms with Crippen molar-refractivity contribution in [2.24, 2.45) is 0 Å². The summed E-state index contributed by atoms with van der Waals surface area (Å²) < 4.78 is 0. The van der Waals surface area contributed by atoms with Gasteiger partial charge in [-0.25, -0.2) is 4.98 Å². The number of aromatic amines is 1. The van der Waals surface area contributed by atoms with Crippen LogP contribution in [0.2, 0.25) is 5.02 Å². The maximum absolute atomic E-state index is 12.4. The van der Waals surface area contributed by atoms with E-state index < -0.39 is 0 Å². The van der Waals surface area contributed by atoms with Crippen LogP contribution in [0.15, 0.2) is 23.3 Å². The second kappa shape index (κ2) is 6.06. The first-order chi connectivity index (χ1) is 10.8. The van der Waals surface area contributed by atoms with E-state index in [0.717, 1.165) is 35.6 Å². The molecule has 6 heteroatoms. The Bertz CT molecular complexity index is 779. The van der Waals surface area contributed by atoms with Crippen molar-refractivity contribution in [2.45, 2.75) is 45.7 Å². The Morgan fingerprint density at radius 3 is 2.87 bits per heavy atom. The number of nitrogens with one attached hydrogen (secondary N) is 1. The molecular formula is C17H21ClN4O. The van der Waals surface area contributed by atoms with Crippen LogP contribution in [-0.4, -0.2) is 26.4 Å². The molecule has 1 aliphatic heterocycles. The number of rotatable bonds is 2. The minimum Gasteiger partial charge on any atom is -0.310 e. The van der Waals surface area contributed by atoms with E-state index in [1.54, 1.807) is 18.5 Å². The third-order valence-electron chi connectivity index (χ3n) is 4.10. The maximum atomic E-state index is 12.4. The number of hydrogen-bond donors (Lipinski definition) is 1. The van der Waals surface area contributed by atoms with Gasteiger partial charge in [0.2, 0.25) is 0 Å². The van der Waals surface area contributed by atoms with Gasteiger partial charge in [0, 0.05) is 54.4 Å². The molecule has 1 N–H and O–H groups in total. The fourth-order valence-electron chi connectivity index (χ4n) is 2.74. The predicted octanol–water partition coefficient (Wildman–Crippen LogP) is 2.67. The molecule has 0 saturated heterocycles. The Hall–Kier alpha value is -1.72. The molecule has 0 amide bonds. The van der Waals surface area contributed by atoms with Crippen LogP contribution in [0, 0.1) is 0 Å². The van der Waals surface area contributed by atoms with E-state index in [9.17, 15) is 4.79 Å². The molecule has 0 atom stereocenters. The van der Waals surface area contributed by atoms with Crippen LogP contribution in [0.25, 0.3) is 0 Å². The Morgan fingerprint density at radius 2 is 2.17 bits per heavy atom. The molecule has 0 aromatic carbocycles. The fourth-order valence-corrected chi connectivity index (χ4v) is 2.90. The van der Waals surface area contributed by atoms with Crippen LogP contribution in [0.1, 0.15) is 43.4 Å². The van der Waals surface area contributed by atoms with Gasteiger partial charge in [-0.1, -0.05) is 32.4 Å². The summed E-state index contributed by atoms with van der Waals surface area (Å²) in [5.41, 5.74) is 2.49. The second-order valence-corrected chi connectivity index (χ2v) is 7.42. The van der Waals surface area contributed by atoms with Crippen molar-refractivity contribution in [3.8, 4) is 0 Å². The topological polar surface area (TPSA) is 61.9 Å². The van der Waals surface area contributed by atoms with Crippen LogP contribution >= 0.6 is 11.6 Å². The molecule has 0 aliphatic carbocycles. The molecule has 0 radical (unpaired) electrons. The molecule has 0 saturated carbocycles. The number of aromatic nitrogens is 3. The van der Waals surface area contributed by atoms with Crippen molar-refractivity contribution in [3.05, 3.63) is 56.5 Å². The van der Waals surface area contributed by atoms with Crippen LogP contribution in [0.5, 0.6) is 0 Å². The zero-order chi connectivity index (χ0) is 16.6. The summed E-state index contributed by atoms with van der Waals surface area (Å²) in [6.45, 7) is 8.30. The van der Waals surface area contributed by atoms with E-state index in [4.69, 9.17) is 11.6 Å². The summed E-state index contributed by atoms with van der Waals surface area (Å²) in [5.74, 6) is 0.755. The lowest BCUT2D eigenvalue weighted by molar-refractivity contribution is 0.240. The monoisotopic (exact) mass is 332 g/mol. The predicted molar refractivity (Wildman–Crippen MR) is 90.6 cm³/mol. The van der Waals surface area contributed by atoms with Crippen molar-refractivity contribution in [2.75, 3.05) is 6.54 Å². The average molecular weight is 333 g/mol. The van der Waals surface area contributed by atoms with Crippen molar-refractivity contribution in [1.29, 1.82) is 0 Å². The van der Waals surface area contributed by atoms with Gasteiger partial charge in [-0.05, 0) is 6.07 Å². The normalized spacial score (nSPS) is 15.5. The Balaban J connectivity index is 1.84. The van der Waals surface area contributed by atoms with Crippen molar-refractivity contribution < 1.29 is 0 Å². The van der Waals surface area contributed by atoms with Crippen molar-refractivity contribution >= 4 is 11.6 Å². The van der Waals surface area contributed by atoms with E-state index in [-0.39, 0.29) is 11.0 Å². The molecule has 0 unspecified atom stereocenters. The average Bonchev–Trinajstić information content (AvgIpc) is 2.49. The Labute approximate surface area is 140 Å². The van der Waals surface area contributed by atoms with Gasteiger partial charge in [0.05, 0.1) is 11.3 Å². The fraction of sp³-hybridized carbons (Fsp3) is 0.471. The smallest absolute Gasteiger partial charge is 0.255 e. The summed E-state index contributed by atoms with van der Waals surface area (Å²) in [6, 6.07) is 1.79. The first-order valence-corrected chi connectivity index (χ1v) is 8.15. The summed E-state index contributed by atoms with van der Waals surface area (Å²) in [5, 5.41) is 0.709. The van der Waals surface area contributed by atoms with Crippen LogP contribution in [0.3, 0.4) is 0 Å². The molecule has 2 aromatic heterocycles. The highest BCUT2D eigenvalue weighted by molar-refractivity contribution is 6.31. The van der Waals surface area contributed by atoms with Gasteiger partial charge in [0.1, 0.15) is 5.82 Å². The Morgan fingerprint density at radius 1 is 1.39 bits per heavy atom. The first kappa shape index (κ1) is 16.1. The molecular weight excluding hydrogens is 312 g/mol. The highest BCUT2D eigenvalue weighted by Crippen LogP contribution is 2.22. The molecule has 0 fully saturated rings. The first-order valence-electron chi connectivity index (χ1n) is 7.78. The second-order valence-electron chi connectivity index (χ2n) is 7.02. The van der Waals surface area contributed by atoms with Crippen LogP contribution < -0.4 is 5.56 Å². The number of halogens is 1. The zero-order valence-corrected chi connectivity index (χ0v) is 14.4. The van der Waals surface area contributed by atoms with Crippen LogP contribution in [-0.2, 0) is 24.9 Å². The molecule has 3 rings (SSSR count). The van der Waals surface area contributed by atoms with E-state index in [1.807, 2.05) is 0 Å². The molecule has 0 spiro atoms. The highest BCUT2D eigenvalue weighted by Gasteiger charge is 2.25. The molecule has 5 nitrogen and oxygen atoms in total. The number of hydrogen-bond acceptors (Lipinski definition) is 4. The van der Waals surface area contributed by atoms with Gasteiger partial charge in [0.25, 0.3) is 5.56 Å². The SMILES string of the molecule is CC(C)(C)c1nc2c(c(=O)[nH]1)CN(Cc1cnccc1Cl)CC2. The minimum atomic E-state index is -0.158. The van der Waals surface area contributed by atoms with Crippen molar-refractivity contribution in [3.63, 3.8) is 0 Å². The lowest BCUT2D eigenvalue weighted by atomic mass is 9.95. The standard InChI is InChI=1S/C17H21ClN4O/c1-17(2,3)16-20-14-5-7-22(10-12(14)15(23)21-16)9-11-8-19-6-4-13(11)18/h4,6,8H,5,7,9-10H2,1-3H3,(H,20,21,23). The zero-order valence-electron chi connectivity index (χ0n) is 13.7. The van der Waals surface area contributed by atoms with Gasteiger partial charge in [-0.15, -0.1) is 0 Å². The van der Waals surface area contributed by atoms with Gasteiger partial charge >= 0.3 is 0 Å². The van der Waals surface area contributed by atoms with Crippen LogP contribution in [0.4, 0.5) is 0 Å². The van der Waals surface area contributed by atoms with Gasteiger partial charge in [-0.3, -0.25) is 14.7 Å². The summed E-state index contributed by atoms with van der Waals surface area (Å²) in [6.07, 6.45) is 4.24. The number of pyridine rings is 1. The van der Waals surface area contributed by atoms with E-state index in [1.165, 1.54) is 0 Å². The third-order valence-corrected chi connectivity index (χ3v) is 4.46. The van der Waals surface area contributed by atoms with E-state index in [2.05, 4.69) is 40.6 Å². The largest absolute Gasteiger partial charge is 0.310 e. The number of nitrogens with zero attached hydrogens (tertiary/aromatic N) is 3. The molecule has 122 valence electrons. The molecule has 1 aliphatic rings. The molecule has 2 aromatic rings. The van der Waals surface area contributed by atoms with Gasteiger partial charge < -0.3 is 4.98 Å². The summed E-state index contributed by atoms with van der Waals surface area (Å²) >= 11 is 6.20. The number of H-pyrrole nitrogens is 1. The summed E-state index contributed by atoms with van der Waals surface area (Å²) in [4.78, 5) is 26.4. The van der Waals surface area contributed by atoms with E-state index in [0.29, 0.717) is 18.1 Å². The van der Waals surface area contributed by atoms with Gasteiger partial charge in [0.15, 0.2) is 0 Å². The lowest BCUT2D eigenvalue weighted by Gasteiger charge is -2.29. The highest BCUT2D eigenvalue weighted by atomic mass is 35.5. The lowest BCUT2D eigenvalue weighted by Crippen LogP contribution is -2.37. The molecule has 0 bridgehead atoms. The quantitative estimate of drug-likeness (QED) is 0.918. The third kappa shape index (κ3) is 3.46. The molecule has 23 heavy (non-hydrogen) atoms. The van der Waals surface area contributed by atoms with Gasteiger partial charge in [-0.2, -0.15) is 0 Å². The van der Waals surface area contributed by atoms with Crippen molar-refractivity contribution in [1.82, 2.24) is 19.9 Å². The maximum Gasteiger partial charge on any atom is 0.255 e. The minimum absolute atomic E-state index is 0.0260. The van der Waals surface area contributed by atoms with E-state index >= 15 is 0 Å². The summed E-state index contributed by atoms with van der Waals surface area (Å²) in [7, 11) is 0. The Kier molecular flexibility index (Phi) is 4.25. The number of fused-ring (bicyclic) bond motifs is 1. The molecule has 3 heterocycles.